The van der Waals surface area contributed by atoms with Gasteiger partial charge >= 0.3 is 6.03 Å². The number of aryl methyl sites for hydroxylation is 1. The molecule has 0 aliphatic carbocycles. The van der Waals surface area contributed by atoms with Gasteiger partial charge in [0.05, 0.1) is 0 Å². The highest BCUT2D eigenvalue weighted by Gasteiger charge is 2.18. The summed E-state index contributed by atoms with van der Waals surface area (Å²) in [6.07, 6.45) is 0. The largest absolute Gasteiger partial charge is 0.461 e. The van der Waals surface area contributed by atoms with Crippen molar-refractivity contribution in [1.29, 1.82) is 0 Å². The molecule has 2 aromatic rings. The van der Waals surface area contributed by atoms with Gasteiger partial charge in [-0.2, -0.15) is 0 Å². The van der Waals surface area contributed by atoms with E-state index < -0.39 is 0 Å². The molecule has 3 amide bonds. The molecule has 1 aromatic heterocycles. The zero-order valence-corrected chi connectivity index (χ0v) is 11.8. The molecule has 0 saturated carbocycles. The van der Waals surface area contributed by atoms with Crippen molar-refractivity contribution < 1.29 is 14.0 Å². The average molecular weight is 287 g/mol. The Bertz CT molecular complexity index is 693. The van der Waals surface area contributed by atoms with Gasteiger partial charge in [0.1, 0.15) is 11.3 Å². The van der Waals surface area contributed by atoms with Crippen molar-refractivity contribution in [2.75, 3.05) is 26.2 Å². The molecule has 1 aliphatic rings. The molecule has 21 heavy (non-hydrogen) atoms. The standard InChI is InChI=1S/C15H17N3O3/c1-10-8-12-9-11(2-3-13(12)21-10)14(19)16-4-6-18-7-5-17-15(18)20/h2-3,8-9H,4-7H2,1H3,(H,16,19)(H,17,20). The molecular formula is C15H17N3O3. The van der Waals surface area contributed by atoms with Crippen LogP contribution in [0.15, 0.2) is 28.7 Å². The minimum Gasteiger partial charge on any atom is -0.461 e. The van der Waals surface area contributed by atoms with E-state index in [0.717, 1.165) is 16.7 Å². The lowest BCUT2D eigenvalue weighted by Gasteiger charge is -2.14. The van der Waals surface area contributed by atoms with Crippen LogP contribution in [0.1, 0.15) is 16.1 Å². The van der Waals surface area contributed by atoms with E-state index in [2.05, 4.69) is 10.6 Å². The number of urea groups is 1. The summed E-state index contributed by atoms with van der Waals surface area (Å²) >= 11 is 0. The molecule has 1 aliphatic heterocycles. The summed E-state index contributed by atoms with van der Waals surface area (Å²) in [6, 6.07) is 7.18. The minimum absolute atomic E-state index is 0.0699. The lowest BCUT2D eigenvalue weighted by Crippen LogP contribution is -2.36. The number of benzene rings is 1. The Hall–Kier alpha value is -2.50. The third-order valence-corrected chi connectivity index (χ3v) is 3.51. The Labute approximate surface area is 122 Å². The van der Waals surface area contributed by atoms with Gasteiger partial charge in [0.2, 0.25) is 0 Å². The topological polar surface area (TPSA) is 74.6 Å². The summed E-state index contributed by atoms with van der Waals surface area (Å²) in [5.74, 6) is 0.679. The van der Waals surface area contributed by atoms with E-state index in [1.807, 2.05) is 19.1 Å². The molecule has 2 N–H and O–H groups in total. The zero-order chi connectivity index (χ0) is 14.8. The van der Waals surface area contributed by atoms with Crippen LogP contribution in [0.5, 0.6) is 0 Å². The van der Waals surface area contributed by atoms with Gasteiger partial charge in [-0.05, 0) is 31.2 Å². The van der Waals surface area contributed by atoms with Gasteiger partial charge in [-0.1, -0.05) is 0 Å². The number of furan rings is 1. The summed E-state index contributed by atoms with van der Waals surface area (Å²) in [5.41, 5.74) is 1.37. The first kappa shape index (κ1) is 13.5. The summed E-state index contributed by atoms with van der Waals surface area (Å²) < 4.78 is 5.48. The first-order chi connectivity index (χ1) is 10.1. The first-order valence-corrected chi connectivity index (χ1v) is 6.95. The maximum atomic E-state index is 12.1. The van der Waals surface area contributed by atoms with E-state index in [9.17, 15) is 9.59 Å². The number of fused-ring (bicyclic) bond motifs is 1. The van der Waals surface area contributed by atoms with Crippen LogP contribution in [0.3, 0.4) is 0 Å². The molecule has 1 saturated heterocycles. The van der Waals surface area contributed by atoms with Crippen molar-refractivity contribution in [1.82, 2.24) is 15.5 Å². The van der Waals surface area contributed by atoms with Crippen LogP contribution in [0.25, 0.3) is 11.0 Å². The van der Waals surface area contributed by atoms with Crippen LogP contribution in [0.2, 0.25) is 0 Å². The molecule has 2 heterocycles. The molecule has 0 atom stereocenters. The van der Waals surface area contributed by atoms with Gasteiger partial charge in [0, 0.05) is 37.1 Å². The summed E-state index contributed by atoms with van der Waals surface area (Å²) in [6.45, 7) is 4.19. The second-order valence-electron chi connectivity index (χ2n) is 5.08. The van der Waals surface area contributed by atoms with Crippen molar-refractivity contribution in [3.63, 3.8) is 0 Å². The Morgan fingerprint density at radius 2 is 2.29 bits per heavy atom. The summed E-state index contributed by atoms with van der Waals surface area (Å²) in [5, 5.41) is 6.47. The SMILES string of the molecule is Cc1cc2cc(C(=O)NCCN3CCNC3=O)ccc2o1. The van der Waals surface area contributed by atoms with E-state index in [1.54, 1.807) is 17.0 Å². The number of nitrogens with zero attached hydrogens (tertiary/aromatic N) is 1. The number of hydrogen-bond donors (Lipinski definition) is 2. The number of carbonyl (C=O) groups is 2. The van der Waals surface area contributed by atoms with Crippen LogP contribution in [-0.4, -0.2) is 43.0 Å². The van der Waals surface area contributed by atoms with E-state index in [-0.39, 0.29) is 11.9 Å². The Morgan fingerprint density at radius 1 is 1.43 bits per heavy atom. The van der Waals surface area contributed by atoms with Crippen molar-refractivity contribution >= 4 is 22.9 Å². The second-order valence-corrected chi connectivity index (χ2v) is 5.08. The lowest BCUT2D eigenvalue weighted by molar-refractivity contribution is 0.0950. The van der Waals surface area contributed by atoms with Gasteiger partial charge in [-0.25, -0.2) is 4.79 Å². The van der Waals surface area contributed by atoms with Crippen LogP contribution < -0.4 is 10.6 Å². The molecule has 3 rings (SSSR count). The van der Waals surface area contributed by atoms with Crippen LogP contribution in [0.4, 0.5) is 4.79 Å². The normalized spacial score (nSPS) is 14.5. The maximum Gasteiger partial charge on any atom is 0.317 e. The van der Waals surface area contributed by atoms with Crippen molar-refractivity contribution in [3.8, 4) is 0 Å². The van der Waals surface area contributed by atoms with Gasteiger partial charge in [0.25, 0.3) is 5.91 Å². The molecule has 1 aromatic carbocycles. The summed E-state index contributed by atoms with van der Waals surface area (Å²) in [4.78, 5) is 25.1. The predicted molar refractivity (Wildman–Crippen MR) is 78.3 cm³/mol. The molecule has 0 bridgehead atoms. The predicted octanol–water partition coefficient (Wildman–Crippen LogP) is 1.50. The van der Waals surface area contributed by atoms with E-state index in [1.165, 1.54) is 0 Å². The highest BCUT2D eigenvalue weighted by Crippen LogP contribution is 2.20. The van der Waals surface area contributed by atoms with E-state index >= 15 is 0 Å². The monoisotopic (exact) mass is 287 g/mol. The smallest absolute Gasteiger partial charge is 0.317 e. The Kier molecular flexibility index (Phi) is 3.51. The third kappa shape index (κ3) is 2.84. The van der Waals surface area contributed by atoms with Gasteiger partial charge in [0.15, 0.2) is 0 Å². The van der Waals surface area contributed by atoms with Crippen LogP contribution in [0, 0.1) is 6.92 Å². The van der Waals surface area contributed by atoms with E-state index in [0.29, 0.717) is 31.7 Å². The number of rotatable bonds is 4. The van der Waals surface area contributed by atoms with Gasteiger partial charge in [-0.3, -0.25) is 4.79 Å². The van der Waals surface area contributed by atoms with Gasteiger partial charge in [-0.15, -0.1) is 0 Å². The lowest BCUT2D eigenvalue weighted by atomic mass is 10.1. The molecule has 6 nitrogen and oxygen atoms in total. The van der Waals surface area contributed by atoms with Crippen molar-refractivity contribution in [3.05, 3.63) is 35.6 Å². The quantitative estimate of drug-likeness (QED) is 0.894. The first-order valence-electron chi connectivity index (χ1n) is 6.95. The average Bonchev–Trinajstić information content (AvgIpc) is 3.02. The molecule has 1 fully saturated rings. The fourth-order valence-corrected chi connectivity index (χ4v) is 2.45. The highest BCUT2D eigenvalue weighted by atomic mass is 16.3. The third-order valence-electron chi connectivity index (χ3n) is 3.51. The number of amides is 3. The van der Waals surface area contributed by atoms with Crippen LogP contribution in [-0.2, 0) is 0 Å². The number of nitrogens with one attached hydrogen (secondary N) is 2. The summed E-state index contributed by atoms with van der Waals surface area (Å²) in [7, 11) is 0. The number of hydrogen-bond acceptors (Lipinski definition) is 3. The second kappa shape index (κ2) is 5.47. The number of carbonyl (C=O) groups excluding carboxylic acids is 2. The molecule has 0 spiro atoms. The fraction of sp³-hybridized carbons (Fsp3) is 0.333. The Balaban J connectivity index is 1.59. The molecule has 0 radical (unpaired) electrons. The fourth-order valence-electron chi connectivity index (χ4n) is 2.45. The molecular weight excluding hydrogens is 270 g/mol. The minimum atomic E-state index is -0.143. The van der Waals surface area contributed by atoms with E-state index in [4.69, 9.17) is 4.42 Å². The Morgan fingerprint density at radius 3 is 3.05 bits per heavy atom. The maximum absolute atomic E-state index is 12.1. The molecule has 110 valence electrons. The van der Waals surface area contributed by atoms with Gasteiger partial charge < -0.3 is 20.0 Å². The zero-order valence-electron chi connectivity index (χ0n) is 11.8. The molecule has 6 heteroatoms. The van der Waals surface area contributed by atoms with Crippen molar-refractivity contribution in [2.24, 2.45) is 0 Å². The van der Waals surface area contributed by atoms with Crippen molar-refractivity contribution in [2.45, 2.75) is 6.92 Å². The van der Waals surface area contributed by atoms with Crippen LogP contribution >= 0.6 is 0 Å². The molecule has 0 unspecified atom stereocenters. The highest BCUT2D eigenvalue weighted by molar-refractivity contribution is 5.97.